The lowest BCUT2D eigenvalue weighted by atomic mass is 10.0. The molecule has 0 spiro atoms. The van der Waals surface area contributed by atoms with Gasteiger partial charge in [0.2, 0.25) is 5.91 Å². The van der Waals surface area contributed by atoms with Gasteiger partial charge in [0.1, 0.15) is 0 Å². The van der Waals surface area contributed by atoms with Crippen LogP contribution in [-0.2, 0) is 14.3 Å². The monoisotopic (exact) mass is 1070 g/mol. The topological polar surface area (TPSA) is 95.9 Å². The van der Waals surface area contributed by atoms with Gasteiger partial charge in [-0.15, -0.1) is 0 Å². The highest BCUT2D eigenvalue weighted by Gasteiger charge is 2.18. The Bertz CT molecular complexity index is 1190. The third-order valence-corrected chi connectivity index (χ3v) is 16.2. The third-order valence-electron chi connectivity index (χ3n) is 16.2. The molecule has 0 bridgehead atoms. The smallest absolute Gasteiger partial charge is 0.305 e. The fourth-order valence-electron chi connectivity index (χ4n) is 10.9. The Morgan fingerprint density at radius 1 is 0.355 bits per heavy atom. The first-order valence-corrected chi connectivity index (χ1v) is 34.6. The molecule has 0 aromatic carbocycles. The van der Waals surface area contributed by atoms with E-state index in [-0.39, 0.29) is 18.5 Å². The van der Waals surface area contributed by atoms with E-state index >= 15 is 0 Å². The minimum atomic E-state index is -0.847. The van der Waals surface area contributed by atoms with E-state index in [0.717, 1.165) is 38.5 Å². The lowest BCUT2D eigenvalue weighted by Gasteiger charge is -2.20. The number of ether oxygens (including phenoxy) is 1. The van der Waals surface area contributed by atoms with E-state index in [2.05, 4.69) is 31.3 Å². The molecule has 0 heterocycles. The van der Waals surface area contributed by atoms with Crippen LogP contribution in [0.5, 0.6) is 0 Å². The first-order valence-electron chi connectivity index (χ1n) is 34.6. The van der Waals surface area contributed by atoms with Crippen LogP contribution in [0.1, 0.15) is 386 Å². The van der Waals surface area contributed by atoms with Crippen LogP contribution in [0, 0.1) is 0 Å². The zero-order valence-corrected chi connectivity index (χ0v) is 51.5. The van der Waals surface area contributed by atoms with Gasteiger partial charge in [0.05, 0.1) is 25.4 Å². The number of amides is 1. The standard InChI is InChI=1S/C70H135NO5/c1-3-5-7-9-11-13-15-17-19-21-31-34-38-42-46-50-54-58-62-68(73)67(66-72)71-69(74)63-59-55-51-47-43-39-35-32-29-27-25-23-22-24-26-28-30-33-37-41-45-49-53-57-61-65-76-70(75)64-60-56-52-48-44-40-36-20-18-16-14-12-10-8-6-4-2/h23,25,58,62,67-68,72-73H,3-22,24,26-57,59-61,63-66H2,1-2H3,(H,71,74)/b25-23-,62-58+. The Morgan fingerprint density at radius 2 is 0.618 bits per heavy atom. The third kappa shape index (κ3) is 61.6. The molecule has 2 atom stereocenters. The normalized spacial score (nSPS) is 12.6. The molecular formula is C70H135NO5. The van der Waals surface area contributed by atoms with Gasteiger partial charge >= 0.3 is 5.97 Å². The molecule has 2 unspecified atom stereocenters. The van der Waals surface area contributed by atoms with Crippen molar-refractivity contribution in [1.29, 1.82) is 0 Å². The van der Waals surface area contributed by atoms with E-state index in [1.54, 1.807) is 6.08 Å². The highest BCUT2D eigenvalue weighted by molar-refractivity contribution is 5.76. The fraction of sp³-hybridized carbons (Fsp3) is 0.914. The first-order chi connectivity index (χ1) is 37.5. The number of esters is 1. The quantitative estimate of drug-likeness (QED) is 0.0320. The van der Waals surface area contributed by atoms with Crippen molar-refractivity contribution in [3.8, 4) is 0 Å². The zero-order chi connectivity index (χ0) is 55.0. The maximum atomic E-state index is 12.5. The summed E-state index contributed by atoms with van der Waals surface area (Å²) in [4.78, 5) is 24.6. The van der Waals surface area contributed by atoms with Crippen molar-refractivity contribution >= 4 is 11.9 Å². The Morgan fingerprint density at radius 3 is 0.934 bits per heavy atom. The maximum absolute atomic E-state index is 12.5. The van der Waals surface area contributed by atoms with Gasteiger partial charge in [-0.05, 0) is 57.8 Å². The predicted octanol–water partition coefficient (Wildman–Crippen LogP) is 22.1. The molecule has 0 aromatic heterocycles. The molecule has 0 saturated carbocycles. The molecule has 0 saturated heterocycles. The Balaban J connectivity index is 3.40. The number of nitrogens with one attached hydrogen (secondary N) is 1. The number of hydrogen-bond acceptors (Lipinski definition) is 5. The highest BCUT2D eigenvalue weighted by atomic mass is 16.5. The average Bonchev–Trinajstić information content (AvgIpc) is 3.42. The van der Waals surface area contributed by atoms with E-state index < -0.39 is 12.1 Å². The van der Waals surface area contributed by atoms with Crippen LogP contribution >= 0.6 is 0 Å². The second-order valence-corrected chi connectivity index (χ2v) is 23.9. The first kappa shape index (κ1) is 74.3. The molecule has 0 aliphatic carbocycles. The number of hydrogen-bond donors (Lipinski definition) is 3. The largest absolute Gasteiger partial charge is 0.466 e. The molecule has 6 nitrogen and oxygen atoms in total. The summed E-state index contributed by atoms with van der Waals surface area (Å²) in [7, 11) is 0. The van der Waals surface area contributed by atoms with Crippen molar-refractivity contribution in [2.45, 2.75) is 398 Å². The summed E-state index contributed by atoms with van der Waals surface area (Å²) in [5.41, 5.74) is 0. The SMILES string of the molecule is CCCCCCCCCCCCCCCCCC/C=C/C(O)C(CO)NC(=O)CCCCCCCCCCC/C=C\CCCCCCCCCCCCCCOC(=O)CCCCCCCCCCCCCCCCCC. The molecule has 450 valence electrons. The molecule has 6 heteroatoms. The molecule has 0 aromatic rings. The number of aliphatic hydroxyl groups excluding tert-OH is 2. The molecule has 0 rings (SSSR count). The Labute approximate surface area is 475 Å². The average molecular weight is 1070 g/mol. The molecule has 1 amide bonds. The number of carbonyl (C=O) groups is 2. The van der Waals surface area contributed by atoms with Crippen LogP contribution in [0.2, 0.25) is 0 Å². The van der Waals surface area contributed by atoms with Gasteiger partial charge in [-0.3, -0.25) is 9.59 Å². The van der Waals surface area contributed by atoms with E-state index in [1.165, 1.54) is 321 Å². The van der Waals surface area contributed by atoms with Crippen molar-refractivity contribution in [2.75, 3.05) is 13.2 Å². The summed E-state index contributed by atoms with van der Waals surface area (Å²) in [6.07, 6.45) is 82.5. The lowest BCUT2D eigenvalue weighted by Crippen LogP contribution is -2.45. The molecule has 0 aliphatic rings. The second kappa shape index (κ2) is 65.9. The number of carbonyl (C=O) groups excluding carboxylic acids is 2. The molecule has 0 fully saturated rings. The number of allylic oxidation sites excluding steroid dienone is 3. The minimum Gasteiger partial charge on any atom is -0.466 e. The van der Waals surface area contributed by atoms with Crippen molar-refractivity contribution in [1.82, 2.24) is 5.32 Å². The van der Waals surface area contributed by atoms with Crippen LogP contribution < -0.4 is 5.32 Å². The number of unbranched alkanes of at least 4 members (excludes halogenated alkanes) is 52. The van der Waals surface area contributed by atoms with Crippen LogP contribution in [0.25, 0.3) is 0 Å². The molecule has 3 N–H and O–H groups in total. The zero-order valence-electron chi connectivity index (χ0n) is 51.5. The summed E-state index contributed by atoms with van der Waals surface area (Å²) < 4.78 is 5.50. The summed E-state index contributed by atoms with van der Waals surface area (Å²) in [5, 5.41) is 23.2. The minimum absolute atomic E-state index is 0.0172. The van der Waals surface area contributed by atoms with Gasteiger partial charge in [0.15, 0.2) is 0 Å². The van der Waals surface area contributed by atoms with Gasteiger partial charge in [-0.25, -0.2) is 0 Å². The summed E-state index contributed by atoms with van der Waals surface area (Å²) in [6, 6.07) is -0.630. The molecule has 0 radical (unpaired) electrons. The summed E-state index contributed by atoms with van der Waals surface area (Å²) >= 11 is 0. The van der Waals surface area contributed by atoms with Crippen molar-refractivity contribution in [2.24, 2.45) is 0 Å². The molecular weight excluding hydrogens is 935 g/mol. The van der Waals surface area contributed by atoms with Crippen LogP contribution in [0.4, 0.5) is 0 Å². The lowest BCUT2D eigenvalue weighted by molar-refractivity contribution is -0.143. The van der Waals surface area contributed by atoms with Gasteiger partial charge in [0, 0.05) is 12.8 Å². The van der Waals surface area contributed by atoms with Crippen molar-refractivity contribution in [3.05, 3.63) is 24.3 Å². The van der Waals surface area contributed by atoms with E-state index in [1.807, 2.05) is 6.08 Å². The van der Waals surface area contributed by atoms with Gasteiger partial charge in [0.25, 0.3) is 0 Å². The summed E-state index contributed by atoms with van der Waals surface area (Å²) in [5.74, 6) is -0.0507. The summed E-state index contributed by atoms with van der Waals surface area (Å²) in [6.45, 7) is 4.94. The van der Waals surface area contributed by atoms with Gasteiger partial charge < -0.3 is 20.3 Å². The van der Waals surface area contributed by atoms with E-state index in [0.29, 0.717) is 19.4 Å². The van der Waals surface area contributed by atoms with Crippen molar-refractivity contribution < 1.29 is 24.5 Å². The maximum Gasteiger partial charge on any atom is 0.305 e. The second-order valence-electron chi connectivity index (χ2n) is 23.9. The van der Waals surface area contributed by atoms with Gasteiger partial charge in [-0.2, -0.15) is 0 Å². The molecule has 0 aliphatic heterocycles. The fourth-order valence-corrected chi connectivity index (χ4v) is 10.9. The Kier molecular flexibility index (Phi) is 64.4. The van der Waals surface area contributed by atoms with E-state index in [9.17, 15) is 19.8 Å². The molecule has 76 heavy (non-hydrogen) atoms. The van der Waals surface area contributed by atoms with Crippen LogP contribution in [0.3, 0.4) is 0 Å². The number of aliphatic hydroxyl groups is 2. The van der Waals surface area contributed by atoms with Crippen molar-refractivity contribution in [3.63, 3.8) is 0 Å². The Hall–Kier alpha value is -1.66. The predicted molar refractivity (Wildman–Crippen MR) is 333 cm³/mol. The highest BCUT2D eigenvalue weighted by Crippen LogP contribution is 2.18. The number of rotatable bonds is 65. The van der Waals surface area contributed by atoms with Gasteiger partial charge in [-0.1, -0.05) is 340 Å². The van der Waals surface area contributed by atoms with Crippen LogP contribution in [-0.4, -0.2) is 47.4 Å². The van der Waals surface area contributed by atoms with E-state index in [4.69, 9.17) is 4.74 Å². The van der Waals surface area contributed by atoms with Crippen LogP contribution in [0.15, 0.2) is 24.3 Å².